The van der Waals surface area contributed by atoms with Gasteiger partial charge < -0.3 is 15.6 Å². The monoisotopic (exact) mass is 360 g/mol. The summed E-state index contributed by atoms with van der Waals surface area (Å²) in [6.07, 6.45) is 1.50. The lowest BCUT2D eigenvalue weighted by Crippen LogP contribution is -2.23. The number of hydrogen-bond acceptors (Lipinski definition) is 6. The predicted molar refractivity (Wildman–Crippen MR) is 102 cm³/mol. The van der Waals surface area contributed by atoms with Crippen LogP contribution in [0.4, 0.5) is 5.82 Å². The van der Waals surface area contributed by atoms with Crippen LogP contribution in [0, 0.1) is 0 Å². The molecule has 0 saturated carbocycles. The summed E-state index contributed by atoms with van der Waals surface area (Å²) in [5.41, 5.74) is 2.42. The molecule has 3 N–H and O–H groups in total. The van der Waals surface area contributed by atoms with E-state index in [2.05, 4.69) is 15.3 Å². The van der Waals surface area contributed by atoms with Crippen molar-refractivity contribution >= 4 is 16.9 Å². The van der Waals surface area contributed by atoms with E-state index in [9.17, 15) is 15.1 Å². The first-order valence-electron chi connectivity index (χ1n) is 8.31. The molecule has 0 bridgehead atoms. The number of aromatic hydroxyl groups is 1. The average Bonchev–Trinajstić information content (AvgIpc) is 2.71. The SMILES string of the molecule is O=c1nc(NCc2ccc(-c3ccc(O)cc3)cc2)c2cccnc2n1O. The number of anilines is 1. The third-order valence-electron chi connectivity index (χ3n) is 4.25. The Hall–Kier alpha value is -3.87. The molecule has 2 aromatic heterocycles. The lowest BCUT2D eigenvalue weighted by Gasteiger charge is -2.10. The number of fused-ring (bicyclic) bond motifs is 1. The highest BCUT2D eigenvalue weighted by Crippen LogP contribution is 2.23. The highest BCUT2D eigenvalue weighted by molar-refractivity contribution is 5.86. The van der Waals surface area contributed by atoms with E-state index in [4.69, 9.17) is 0 Å². The molecule has 7 nitrogen and oxygen atoms in total. The van der Waals surface area contributed by atoms with E-state index in [1.165, 1.54) is 6.20 Å². The Labute approximate surface area is 154 Å². The Morgan fingerprint density at radius 3 is 2.33 bits per heavy atom. The van der Waals surface area contributed by atoms with E-state index in [-0.39, 0.29) is 11.4 Å². The first-order chi connectivity index (χ1) is 13.1. The Balaban J connectivity index is 1.56. The van der Waals surface area contributed by atoms with Gasteiger partial charge in [0.1, 0.15) is 11.6 Å². The molecule has 4 aromatic rings. The summed E-state index contributed by atoms with van der Waals surface area (Å²) in [6.45, 7) is 0.460. The van der Waals surface area contributed by atoms with Gasteiger partial charge in [0.2, 0.25) is 0 Å². The van der Waals surface area contributed by atoms with Crippen molar-refractivity contribution < 1.29 is 10.3 Å². The number of rotatable bonds is 4. The lowest BCUT2D eigenvalue weighted by molar-refractivity contribution is 0.182. The van der Waals surface area contributed by atoms with E-state index >= 15 is 0 Å². The molecule has 0 aliphatic rings. The molecule has 134 valence electrons. The molecule has 0 unspecified atom stereocenters. The largest absolute Gasteiger partial charge is 0.508 e. The first kappa shape index (κ1) is 16.6. The summed E-state index contributed by atoms with van der Waals surface area (Å²) >= 11 is 0. The van der Waals surface area contributed by atoms with E-state index < -0.39 is 5.69 Å². The summed E-state index contributed by atoms with van der Waals surface area (Å²) in [6, 6.07) is 18.4. The van der Waals surface area contributed by atoms with Crippen LogP contribution >= 0.6 is 0 Å². The smallest absolute Gasteiger partial charge is 0.384 e. The minimum absolute atomic E-state index is 0.155. The van der Waals surface area contributed by atoms with Crippen LogP contribution in [0.3, 0.4) is 0 Å². The minimum Gasteiger partial charge on any atom is -0.508 e. The van der Waals surface area contributed by atoms with Gasteiger partial charge in [0, 0.05) is 12.7 Å². The molecule has 27 heavy (non-hydrogen) atoms. The Morgan fingerprint density at radius 1 is 0.963 bits per heavy atom. The summed E-state index contributed by atoms with van der Waals surface area (Å²) in [5, 5.41) is 22.8. The minimum atomic E-state index is -0.786. The molecule has 0 spiro atoms. The second kappa shape index (κ2) is 6.80. The normalized spacial score (nSPS) is 10.8. The van der Waals surface area contributed by atoms with Gasteiger partial charge in [-0.1, -0.05) is 36.4 Å². The van der Waals surface area contributed by atoms with Gasteiger partial charge in [0.05, 0.1) is 5.39 Å². The van der Waals surface area contributed by atoms with E-state index in [0.29, 0.717) is 22.5 Å². The van der Waals surface area contributed by atoms with Crippen LogP contribution in [0.15, 0.2) is 71.7 Å². The fourth-order valence-electron chi connectivity index (χ4n) is 2.83. The maximum atomic E-state index is 11.8. The fraction of sp³-hybridized carbons (Fsp3) is 0.0500. The predicted octanol–water partition coefficient (Wildman–Crippen LogP) is 3.01. The topological polar surface area (TPSA) is 100 Å². The van der Waals surface area contributed by atoms with Gasteiger partial charge in [-0.25, -0.2) is 9.78 Å². The van der Waals surface area contributed by atoms with Crippen LogP contribution in [0.2, 0.25) is 0 Å². The molecule has 0 fully saturated rings. The van der Waals surface area contributed by atoms with Crippen molar-refractivity contribution in [2.45, 2.75) is 6.54 Å². The fourth-order valence-corrected chi connectivity index (χ4v) is 2.83. The lowest BCUT2D eigenvalue weighted by atomic mass is 10.0. The molecule has 2 heterocycles. The summed E-state index contributed by atoms with van der Waals surface area (Å²) in [7, 11) is 0. The molecule has 0 saturated heterocycles. The second-order valence-electron chi connectivity index (χ2n) is 6.03. The van der Waals surface area contributed by atoms with Crippen LogP contribution in [0.25, 0.3) is 22.2 Å². The Kier molecular flexibility index (Phi) is 4.18. The molecule has 0 radical (unpaired) electrons. The number of benzene rings is 2. The molecular formula is C20H16N4O3. The van der Waals surface area contributed by atoms with Gasteiger partial charge in [-0.15, -0.1) is 4.73 Å². The zero-order valence-electron chi connectivity index (χ0n) is 14.2. The zero-order chi connectivity index (χ0) is 18.8. The highest BCUT2D eigenvalue weighted by atomic mass is 16.5. The van der Waals surface area contributed by atoms with Gasteiger partial charge in [-0.2, -0.15) is 4.98 Å². The van der Waals surface area contributed by atoms with Gasteiger partial charge in [0.25, 0.3) is 0 Å². The van der Waals surface area contributed by atoms with E-state index in [1.54, 1.807) is 24.3 Å². The first-order valence-corrected chi connectivity index (χ1v) is 8.31. The quantitative estimate of drug-likeness (QED) is 0.484. The summed E-state index contributed by atoms with van der Waals surface area (Å²) in [5.74, 6) is 0.606. The molecule has 0 aliphatic heterocycles. The maximum absolute atomic E-state index is 11.8. The van der Waals surface area contributed by atoms with Crippen LogP contribution < -0.4 is 11.0 Å². The van der Waals surface area contributed by atoms with Crippen molar-refractivity contribution in [3.05, 3.63) is 82.9 Å². The number of phenolic OH excluding ortho intramolecular Hbond substituents is 1. The van der Waals surface area contributed by atoms with Gasteiger partial charge in [0.15, 0.2) is 5.65 Å². The number of nitrogens with zero attached hydrogens (tertiary/aromatic N) is 3. The third kappa shape index (κ3) is 3.30. The Bertz CT molecular complexity index is 1150. The summed E-state index contributed by atoms with van der Waals surface area (Å²) in [4.78, 5) is 19.7. The van der Waals surface area contributed by atoms with Crippen molar-refractivity contribution in [2.75, 3.05) is 5.32 Å². The highest BCUT2D eigenvalue weighted by Gasteiger charge is 2.10. The van der Waals surface area contributed by atoms with Gasteiger partial charge in [-0.3, -0.25) is 0 Å². The number of phenols is 1. The third-order valence-corrected chi connectivity index (χ3v) is 4.25. The summed E-state index contributed by atoms with van der Waals surface area (Å²) < 4.78 is 0.437. The van der Waals surface area contributed by atoms with Crippen molar-refractivity contribution in [1.29, 1.82) is 0 Å². The van der Waals surface area contributed by atoms with E-state index in [0.717, 1.165) is 16.7 Å². The maximum Gasteiger partial charge on any atom is 0.384 e. The van der Waals surface area contributed by atoms with Crippen LogP contribution in [0.1, 0.15) is 5.56 Å². The molecule has 2 aromatic carbocycles. The molecule has 0 aliphatic carbocycles. The number of nitrogens with one attached hydrogen (secondary N) is 1. The number of hydrogen-bond donors (Lipinski definition) is 3. The second-order valence-corrected chi connectivity index (χ2v) is 6.03. The van der Waals surface area contributed by atoms with Gasteiger partial charge in [-0.05, 0) is 41.0 Å². The van der Waals surface area contributed by atoms with Crippen LogP contribution in [0.5, 0.6) is 5.75 Å². The van der Waals surface area contributed by atoms with E-state index in [1.807, 2.05) is 36.4 Å². The number of pyridine rings is 1. The van der Waals surface area contributed by atoms with Crippen molar-refractivity contribution in [3.63, 3.8) is 0 Å². The molecule has 0 amide bonds. The molecular weight excluding hydrogens is 344 g/mol. The van der Waals surface area contributed by atoms with Crippen LogP contribution in [-0.2, 0) is 6.54 Å². The van der Waals surface area contributed by atoms with Crippen molar-refractivity contribution in [2.24, 2.45) is 0 Å². The molecule has 0 atom stereocenters. The molecule has 4 rings (SSSR count). The zero-order valence-corrected chi connectivity index (χ0v) is 14.2. The van der Waals surface area contributed by atoms with Crippen molar-refractivity contribution in [3.8, 4) is 16.9 Å². The standard InChI is InChI=1S/C20H16N4O3/c25-16-9-7-15(8-10-16)14-5-3-13(4-6-14)12-22-18-17-2-1-11-21-19(17)24(27)20(26)23-18/h1-11,25,27H,12H2,(H,22,23,26). The molecule has 7 heteroatoms. The Morgan fingerprint density at radius 2 is 1.63 bits per heavy atom. The van der Waals surface area contributed by atoms with Gasteiger partial charge >= 0.3 is 5.69 Å². The average molecular weight is 360 g/mol. The van der Waals surface area contributed by atoms with Crippen molar-refractivity contribution in [1.82, 2.24) is 14.7 Å². The van der Waals surface area contributed by atoms with Crippen LogP contribution in [-0.4, -0.2) is 25.0 Å². The number of aromatic nitrogens is 3.